The van der Waals surface area contributed by atoms with Gasteiger partial charge in [0.1, 0.15) is 4.99 Å². The third-order valence-electron chi connectivity index (χ3n) is 2.91. The van der Waals surface area contributed by atoms with Crippen molar-refractivity contribution in [2.45, 2.75) is 11.3 Å². The summed E-state index contributed by atoms with van der Waals surface area (Å²) in [7, 11) is -1.71. The lowest BCUT2D eigenvalue weighted by molar-refractivity contribution is 0.581. The SMILES string of the molecule is Cn1cc(CCNS(=O)(=O)c2ccc(C(N)=S)cc2)cn1. The van der Waals surface area contributed by atoms with Gasteiger partial charge in [-0.05, 0) is 24.1 Å². The highest BCUT2D eigenvalue weighted by molar-refractivity contribution is 7.89. The van der Waals surface area contributed by atoms with Crippen molar-refractivity contribution in [2.75, 3.05) is 6.54 Å². The topological polar surface area (TPSA) is 90.0 Å². The van der Waals surface area contributed by atoms with Crippen LogP contribution >= 0.6 is 12.2 Å². The van der Waals surface area contributed by atoms with Crippen molar-refractivity contribution in [3.05, 3.63) is 47.8 Å². The van der Waals surface area contributed by atoms with Gasteiger partial charge in [0.25, 0.3) is 0 Å². The minimum absolute atomic E-state index is 0.189. The van der Waals surface area contributed by atoms with Crippen LogP contribution in [0.15, 0.2) is 41.6 Å². The van der Waals surface area contributed by atoms with E-state index >= 15 is 0 Å². The van der Waals surface area contributed by atoms with E-state index in [0.29, 0.717) is 18.5 Å². The highest BCUT2D eigenvalue weighted by Crippen LogP contribution is 2.10. The molecule has 1 aromatic carbocycles. The average Bonchev–Trinajstić information content (AvgIpc) is 2.84. The van der Waals surface area contributed by atoms with E-state index < -0.39 is 10.0 Å². The van der Waals surface area contributed by atoms with Crippen LogP contribution in [0, 0.1) is 0 Å². The Balaban J connectivity index is 1.99. The summed E-state index contributed by atoms with van der Waals surface area (Å²) in [6.45, 7) is 0.311. The van der Waals surface area contributed by atoms with Crippen LogP contribution in [0.4, 0.5) is 0 Å². The van der Waals surface area contributed by atoms with Crippen molar-refractivity contribution in [1.82, 2.24) is 14.5 Å². The fourth-order valence-electron chi connectivity index (χ4n) is 1.81. The van der Waals surface area contributed by atoms with Gasteiger partial charge >= 0.3 is 0 Å². The summed E-state index contributed by atoms with van der Waals surface area (Å²) >= 11 is 4.83. The molecule has 112 valence electrons. The number of nitrogens with one attached hydrogen (secondary N) is 1. The molecule has 3 N–H and O–H groups in total. The summed E-state index contributed by atoms with van der Waals surface area (Å²) in [6, 6.07) is 6.16. The minimum atomic E-state index is -3.53. The quantitative estimate of drug-likeness (QED) is 0.759. The van der Waals surface area contributed by atoms with E-state index in [1.807, 2.05) is 13.2 Å². The van der Waals surface area contributed by atoms with Gasteiger partial charge in [-0.1, -0.05) is 24.4 Å². The predicted molar refractivity (Wildman–Crippen MR) is 84.4 cm³/mol. The van der Waals surface area contributed by atoms with Crippen LogP contribution in [0.2, 0.25) is 0 Å². The minimum Gasteiger partial charge on any atom is -0.389 e. The molecule has 0 aliphatic rings. The molecular weight excluding hydrogens is 308 g/mol. The second-order valence-electron chi connectivity index (χ2n) is 4.56. The predicted octanol–water partition coefficient (Wildman–Crippen LogP) is 0.575. The van der Waals surface area contributed by atoms with Crippen LogP contribution in [0.3, 0.4) is 0 Å². The summed E-state index contributed by atoms with van der Waals surface area (Å²) in [5, 5.41) is 4.03. The van der Waals surface area contributed by atoms with Crippen molar-refractivity contribution in [3.63, 3.8) is 0 Å². The maximum Gasteiger partial charge on any atom is 0.240 e. The van der Waals surface area contributed by atoms with Gasteiger partial charge in [0.2, 0.25) is 10.0 Å². The first-order chi connectivity index (χ1) is 9.88. The molecule has 8 heteroatoms. The lowest BCUT2D eigenvalue weighted by Crippen LogP contribution is -2.26. The smallest absolute Gasteiger partial charge is 0.240 e. The fraction of sp³-hybridized carbons (Fsp3) is 0.231. The number of hydrogen-bond acceptors (Lipinski definition) is 4. The van der Waals surface area contributed by atoms with E-state index in [1.165, 1.54) is 12.1 Å². The maximum atomic E-state index is 12.1. The van der Waals surface area contributed by atoms with Crippen LogP contribution in [-0.4, -0.2) is 29.7 Å². The van der Waals surface area contributed by atoms with Gasteiger partial charge in [-0.15, -0.1) is 0 Å². The molecule has 2 rings (SSSR count). The molecule has 2 aromatic rings. The standard InChI is InChI=1S/C13H16N4O2S2/c1-17-9-10(8-15-17)6-7-16-21(18,19)12-4-2-11(3-5-12)13(14)20/h2-5,8-9,16H,6-7H2,1H3,(H2,14,20). The highest BCUT2D eigenvalue weighted by Gasteiger charge is 2.13. The van der Waals surface area contributed by atoms with E-state index in [0.717, 1.165) is 5.56 Å². The zero-order valence-corrected chi connectivity index (χ0v) is 13.1. The third kappa shape index (κ3) is 4.10. The molecule has 0 saturated carbocycles. The van der Waals surface area contributed by atoms with Crippen LogP contribution in [0.5, 0.6) is 0 Å². The molecule has 21 heavy (non-hydrogen) atoms. The van der Waals surface area contributed by atoms with Crippen molar-refractivity contribution < 1.29 is 8.42 Å². The highest BCUT2D eigenvalue weighted by atomic mass is 32.2. The Kier molecular flexibility index (Phi) is 4.71. The van der Waals surface area contributed by atoms with E-state index in [4.69, 9.17) is 18.0 Å². The third-order valence-corrected chi connectivity index (χ3v) is 4.63. The molecule has 0 amide bonds. The molecule has 0 atom stereocenters. The molecule has 0 fully saturated rings. The Labute approximate surface area is 129 Å². The van der Waals surface area contributed by atoms with Crippen molar-refractivity contribution in [1.29, 1.82) is 0 Å². The molecule has 0 bridgehead atoms. The lowest BCUT2D eigenvalue weighted by Gasteiger charge is -2.07. The fourth-order valence-corrected chi connectivity index (χ4v) is 2.98. The van der Waals surface area contributed by atoms with Gasteiger partial charge in [-0.2, -0.15) is 5.10 Å². The number of sulfonamides is 1. The van der Waals surface area contributed by atoms with E-state index in [1.54, 1.807) is 23.0 Å². The summed E-state index contributed by atoms with van der Waals surface area (Å²) in [4.78, 5) is 0.428. The number of nitrogens with two attached hydrogens (primary N) is 1. The average molecular weight is 324 g/mol. The van der Waals surface area contributed by atoms with Gasteiger partial charge < -0.3 is 5.73 Å². The molecule has 0 aliphatic carbocycles. The number of benzene rings is 1. The number of aryl methyl sites for hydroxylation is 1. The van der Waals surface area contributed by atoms with Crippen LogP contribution in [-0.2, 0) is 23.5 Å². The molecule has 0 radical (unpaired) electrons. The molecule has 0 aliphatic heterocycles. The normalized spacial score (nSPS) is 11.5. The van der Waals surface area contributed by atoms with E-state index in [-0.39, 0.29) is 9.88 Å². The number of nitrogens with zero attached hydrogens (tertiary/aromatic N) is 2. The van der Waals surface area contributed by atoms with Gasteiger partial charge in [0.05, 0.1) is 11.1 Å². The lowest BCUT2D eigenvalue weighted by atomic mass is 10.2. The van der Waals surface area contributed by atoms with Gasteiger partial charge in [-0.25, -0.2) is 13.1 Å². The number of rotatable bonds is 6. The zero-order valence-electron chi connectivity index (χ0n) is 11.5. The zero-order chi connectivity index (χ0) is 15.5. The van der Waals surface area contributed by atoms with Crippen molar-refractivity contribution in [3.8, 4) is 0 Å². The monoisotopic (exact) mass is 324 g/mol. The molecule has 0 spiro atoms. The molecule has 1 heterocycles. The molecule has 0 saturated heterocycles. The Bertz CT molecular complexity index is 736. The molecular formula is C13H16N4O2S2. The largest absolute Gasteiger partial charge is 0.389 e. The van der Waals surface area contributed by atoms with Crippen LogP contribution in [0.1, 0.15) is 11.1 Å². The summed E-state index contributed by atoms with van der Waals surface area (Å²) < 4.78 is 28.5. The second kappa shape index (κ2) is 6.33. The Morgan fingerprint density at radius 1 is 1.38 bits per heavy atom. The van der Waals surface area contributed by atoms with E-state index in [9.17, 15) is 8.42 Å². The van der Waals surface area contributed by atoms with Crippen LogP contribution in [0.25, 0.3) is 0 Å². The number of aromatic nitrogens is 2. The van der Waals surface area contributed by atoms with E-state index in [2.05, 4.69) is 9.82 Å². The van der Waals surface area contributed by atoms with Crippen LogP contribution < -0.4 is 10.5 Å². The van der Waals surface area contributed by atoms with Crippen molar-refractivity contribution >= 4 is 27.2 Å². The second-order valence-corrected chi connectivity index (χ2v) is 6.77. The number of hydrogen-bond donors (Lipinski definition) is 2. The summed E-state index contributed by atoms with van der Waals surface area (Å²) in [6.07, 6.45) is 4.15. The maximum absolute atomic E-state index is 12.1. The summed E-state index contributed by atoms with van der Waals surface area (Å²) in [5.41, 5.74) is 7.09. The Hall–Kier alpha value is -1.77. The first-order valence-electron chi connectivity index (χ1n) is 6.25. The molecule has 1 aromatic heterocycles. The Morgan fingerprint density at radius 3 is 2.57 bits per heavy atom. The summed E-state index contributed by atoms with van der Waals surface area (Å²) in [5.74, 6) is 0. The van der Waals surface area contributed by atoms with Gasteiger partial charge in [0.15, 0.2) is 0 Å². The first kappa shape index (κ1) is 15.6. The molecule has 0 unspecified atom stereocenters. The molecule has 6 nitrogen and oxygen atoms in total. The Morgan fingerprint density at radius 2 is 2.05 bits per heavy atom. The van der Waals surface area contributed by atoms with Gasteiger partial charge in [-0.3, -0.25) is 4.68 Å². The number of thiocarbonyl (C=S) groups is 1. The first-order valence-corrected chi connectivity index (χ1v) is 8.15. The van der Waals surface area contributed by atoms with Crippen molar-refractivity contribution in [2.24, 2.45) is 12.8 Å². The van der Waals surface area contributed by atoms with Gasteiger partial charge in [0, 0.05) is 25.4 Å².